The number of amides is 1. The monoisotopic (exact) mass is 549 g/mol. The zero-order chi connectivity index (χ0) is 27.8. The molecule has 0 saturated carbocycles. The van der Waals surface area contributed by atoms with Gasteiger partial charge in [0.2, 0.25) is 5.88 Å². The third kappa shape index (κ3) is 5.00. The number of pyridine rings is 1. The molecule has 3 aromatic heterocycles. The van der Waals surface area contributed by atoms with E-state index in [9.17, 15) is 4.79 Å². The summed E-state index contributed by atoms with van der Waals surface area (Å²) < 4.78 is 11.3. The zero-order valence-electron chi connectivity index (χ0n) is 22.9. The summed E-state index contributed by atoms with van der Waals surface area (Å²) in [5, 5.41) is 1.01. The summed E-state index contributed by atoms with van der Waals surface area (Å²) in [5.74, 6) is 1.72. The summed E-state index contributed by atoms with van der Waals surface area (Å²) in [6.07, 6.45) is 6.18. The van der Waals surface area contributed by atoms with Crippen LogP contribution in [0.15, 0.2) is 67.1 Å². The number of rotatable bonds is 6. The molecule has 2 aliphatic heterocycles. The van der Waals surface area contributed by atoms with Gasteiger partial charge in [0.15, 0.2) is 0 Å². The number of benzene rings is 2. The number of H-pyrrole nitrogens is 1. The number of nitrogens with zero attached hydrogens (tertiary/aromatic N) is 6. The van der Waals surface area contributed by atoms with Gasteiger partial charge < -0.3 is 19.4 Å². The summed E-state index contributed by atoms with van der Waals surface area (Å²) in [7, 11) is 1.62. The number of aromatic nitrogens is 5. The van der Waals surface area contributed by atoms with Crippen molar-refractivity contribution >= 4 is 27.8 Å². The number of aromatic amines is 1. The Morgan fingerprint density at radius 2 is 1.93 bits per heavy atom. The number of ether oxygens (including phenoxy) is 2. The molecule has 0 bridgehead atoms. The highest BCUT2D eigenvalue weighted by Gasteiger charge is 2.35. The first-order valence-electron chi connectivity index (χ1n) is 14.0. The molecule has 1 N–H and O–H groups in total. The van der Waals surface area contributed by atoms with Crippen LogP contribution in [0.3, 0.4) is 0 Å². The molecule has 41 heavy (non-hydrogen) atoms. The highest BCUT2D eigenvalue weighted by molar-refractivity contribution is 5.97. The Bertz CT molecular complexity index is 1710. The molecule has 2 aromatic carbocycles. The lowest BCUT2D eigenvalue weighted by Crippen LogP contribution is -2.52. The average Bonchev–Trinajstić information content (AvgIpc) is 3.73. The lowest BCUT2D eigenvalue weighted by Gasteiger charge is -2.41. The maximum Gasteiger partial charge on any atom is 0.254 e. The second kappa shape index (κ2) is 10.9. The number of hydrogen-bond donors (Lipinski definition) is 1. The summed E-state index contributed by atoms with van der Waals surface area (Å²) in [4.78, 5) is 40.1. The molecule has 2 unspecified atom stereocenters. The molecular weight excluding hydrogens is 518 g/mol. The lowest BCUT2D eigenvalue weighted by molar-refractivity contribution is 0.0393. The molecule has 7 rings (SSSR count). The van der Waals surface area contributed by atoms with Gasteiger partial charge in [-0.2, -0.15) is 0 Å². The fourth-order valence-electron chi connectivity index (χ4n) is 5.93. The first kappa shape index (κ1) is 25.6. The summed E-state index contributed by atoms with van der Waals surface area (Å²) in [6.45, 7) is 4.62. The van der Waals surface area contributed by atoms with E-state index in [-0.39, 0.29) is 11.9 Å². The lowest BCUT2D eigenvalue weighted by atomic mass is 10.0. The van der Waals surface area contributed by atoms with Crippen molar-refractivity contribution in [1.29, 1.82) is 0 Å². The Labute approximate surface area is 237 Å². The van der Waals surface area contributed by atoms with Crippen molar-refractivity contribution < 1.29 is 14.3 Å². The van der Waals surface area contributed by atoms with E-state index in [4.69, 9.17) is 19.4 Å². The molecular formula is C31H31N7O3. The van der Waals surface area contributed by atoms with Gasteiger partial charge in [-0.25, -0.2) is 9.97 Å². The number of carbonyl (C=O) groups excluding carboxylic acids is 1. The van der Waals surface area contributed by atoms with Gasteiger partial charge in [-0.3, -0.25) is 19.7 Å². The van der Waals surface area contributed by atoms with Crippen molar-refractivity contribution in [3.63, 3.8) is 0 Å². The molecule has 5 heterocycles. The number of imidazole rings is 1. The largest absolute Gasteiger partial charge is 0.480 e. The fourth-order valence-corrected chi connectivity index (χ4v) is 5.93. The minimum Gasteiger partial charge on any atom is -0.480 e. The fraction of sp³-hybridized carbons (Fsp3) is 0.323. The highest BCUT2D eigenvalue weighted by Crippen LogP contribution is 2.33. The number of fused-ring (bicyclic) bond motifs is 2. The van der Waals surface area contributed by atoms with Gasteiger partial charge in [-0.05, 0) is 42.7 Å². The SMILES string of the molecule is COc1nc2ccccc2cc1-c1cnc(C2CN(CC3CCOC3)CCN2C(=O)c2ccc3nccnc3c2)[nH]1. The van der Waals surface area contributed by atoms with E-state index in [0.717, 1.165) is 66.2 Å². The second-order valence-corrected chi connectivity index (χ2v) is 10.7. The van der Waals surface area contributed by atoms with Crippen LogP contribution in [0.4, 0.5) is 0 Å². The van der Waals surface area contributed by atoms with Crippen molar-refractivity contribution in [1.82, 2.24) is 34.7 Å². The quantitative estimate of drug-likeness (QED) is 0.337. The first-order valence-corrected chi connectivity index (χ1v) is 14.0. The van der Waals surface area contributed by atoms with E-state index in [1.165, 1.54) is 0 Å². The maximum atomic E-state index is 14.0. The van der Waals surface area contributed by atoms with Crippen molar-refractivity contribution in [3.8, 4) is 17.1 Å². The average molecular weight is 550 g/mol. The third-order valence-electron chi connectivity index (χ3n) is 8.07. The number of para-hydroxylation sites is 1. The van der Waals surface area contributed by atoms with Crippen LogP contribution in [-0.4, -0.2) is 87.1 Å². The van der Waals surface area contributed by atoms with Crippen molar-refractivity contribution in [2.75, 3.05) is 46.5 Å². The van der Waals surface area contributed by atoms with Gasteiger partial charge in [-0.1, -0.05) is 18.2 Å². The molecule has 2 atom stereocenters. The zero-order valence-corrected chi connectivity index (χ0v) is 22.9. The Balaban J connectivity index is 1.23. The minimum atomic E-state index is -0.260. The van der Waals surface area contributed by atoms with Crippen LogP contribution in [-0.2, 0) is 4.74 Å². The molecule has 0 spiro atoms. The number of nitrogens with one attached hydrogen (secondary N) is 1. The van der Waals surface area contributed by atoms with E-state index < -0.39 is 0 Å². The summed E-state index contributed by atoms with van der Waals surface area (Å²) in [5.41, 5.74) is 4.54. The number of hydrogen-bond acceptors (Lipinski definition) is 8. The van der Waals surface area contributed by atoms with E-state index in [2.05, 4.69) is 25.9 Å². The van der Waals surface area contributed by atoms with E-state index in [0.29, 0.717) is 36.0 Å². The molecule has 0 radical (unpaired) electrons. The minimum absolute atomic E-state index is 0.0469. The van der Waals surface area contributed by atoms with Crippen LogP contribution in [0, 0.1) is 5.92 Å². The molecule has 2 aliphatic rings. The van der Waals surface area contributed by atoms with Crippen molar-refractivity contribution in [3.05, 3.63) is 78.5 Å². The Kier molecular flexibility index (Phi) is 6.77. The maximum absolute atomic E-state index is 14.0. The number of carbonyl (C=O) groups is 1. The van der Waals surface area contributed by atoms with Gasteiger partial charge in [0.25, 0.3) is 5.91 Å². The van der Waals surface area contributed by atoms with Crippen LogP contribution < -0.4 is 4.74 Å². The Morgan fingerprint density at radius 3 is 2.78 bits per heavy atom. The predicted molar refractivity (Wildman–Crippen MR) is 155 cm³/mol. The van der Waals surface area contributed by atoms with E-state index >= 15 is 0 Å². The van der Waals surface area contributed by atoms with Crippen LogP contribution in [0.1, 0.15) is 28.6 Å². The van der Waals surface area contributed by atoms with Gasteiger partial charge >= 0.3 is 0 Å². The number of piperazine rings is 1. The van der Waals surface area contributed by atoms with Crippen molar-refractivity contribution in [2.24, 2.45) is 5.92 Å². The van der Waals surface area contributed by atoms with E-state index in [1.807, 2.05) is 53.6 Å². The molecule has 1 amide bonds. The third-order valence-corrected chi connectivity index (χ3v) is 8.07. The summed E-state index contributed by atoms with van der Waals surface area (Å²) >= 11 is 0. The van der Waals surface area contributed by atoms with Crippen LogP contribution in [0.25, 0.3) is 33.2 Å². The number of methoxy groups -OCH3 is 1. The molecule has 208 valence electrons. The molecule has 2 fully saturated rings. The second-order valence-electron chi connectivity index (χ2n) is 10.7. The first-order chi connectivity index (χ1) is 20.2. The predicted octanol–water partition coefficient (Wildman–Crippen LogP) is 4.11. The molecule has 0 aliphatic carbocycles. The van der Waals surface area contributed by atoms with Crippen LogP contribution in [0.2, 0.25) is 0 Å². The van der Waals surface area contributed by atoms with Gasteiger partial charge in [0, 0.05) is 56.1 Å². The highest BCUT2D eigenvalue weighted by atomic mass is 16.5. The molecule has 2 saturated heterocycles. The van der Waals surface area contributed by atoms with Gasteiger partial charge in [-0.15, -0.1) is 0 Å². The topological polar surface area (TPSA) is 109 Å². The smallest absolute Gasteiger partial charge is 0.254 e. The standard InChI is InChI=1S/C31H31N7O3/c1-40-30-23(14-21-4-2-3-5-24(21)36-30)27-16-34-29(35-27)28-18-37(17-20-8-13-41-19-20)11-12-38(28)31(39)22-6-7-25-26(15-22)33-10-9-32-25/h2-7,9-10,14-16,20,28H,8,11-13,17-19H2,1H3,(H,34,35). The Hall–Kier alpha value is -4.41. The summed E-state index contributed by atoms with van der Waals surface area (Å²) in [6, 6.07) is 15.3. The van der Waals surface area contributed by atoms with Crippen LogP contribution >= 0.6 is 0 Å². The van der Waals surface area contributed by atoms with Crippen LogP contribution in [0.5, 0.6) is 5.88 Å². The van der Waals surface area contributed by atoms with Crippen molar-refractivity contribution in [2.45, 2.75) is 12.5 Å². The van der Waals surface area contributed by atoms with Gasteiger partial charge in [0.05, 0.1) is 47.7 Å². The molecule has 10 nitrogen and oxygen atoms in total. The molecule has 5 aromatic rings. The molecule has 10 heteroatoms. The van der Waals surface area contributed by atoms with E-state index in [1.54, 1.807) is 19.5 Å². The normalized spacial score (nSPS) is 19.7. The Morgan fingerprint density at radius 1 is 1.05 bits per heavy atom. The van der Waals surface area contributed by atoms with Gasteiger partial charge in [0.1, 0.15) is 11.9 Å².